The Morgan fingerprint density at radius 1 is 1.30 bits per heavy atom. The van der Waals surface area contributed by atoms with Gasteiger partial charge in [0.1, 0.15) is 29.6 Å². The molecule has 2 aliphatic heterocycles. The number of alkyl halides is 1. The van der Waals surface area contributed by atoms with Crippen molar-refractivity contribution in [1.29, 1.82) is 0 Å². The molecule has 0 radical (unpaired) electrons. The second kappa shape index (κ2) is 12.5. The number of aryl methyl sites for hydroxylation is 1. The Morgan fingerprint density at radius 3 is 2.67 bits per heavy atom. The zero-order chi connectivity index (χ0) is 31.8. The number of hydrogen-bond acceptors (Lipinski definition) is 10. The highest BCUT2D eigenvalue weighted by molar-refractivity contribution is 7.52. The minimum absolute atomic E-state index is 0.343. The van der Waals surface area contributed by atoms with Gasteiger partial charge in [-0.2, -0.15) is 5.09 Å². The molecule has 43 heavy (non-hydrogen) atoms. The predicted octanol–water partition coefficient (Wildman–Crippen LogP) is 3.47. The number of nitrogens with one attached hydrogen (secondary N) is 2. The molecule has 2 unspecified atom stereocenters. The summed E-state index contributed by atoms with van der Waals surface area (Å²) in [5, 5.41) is 16.2. The lowest BCUT2D eigenvalue weighted by molar-refractivity contribution is -0.213. The zero-order valence-corrected chi connectivity index (χ0v) is 26.6. The number of aliphatic hydroxyl groups is 1. The Kier molecular flexibility index (Phi) is 9.66. The van der Waals surface area contributed by atoms with Crippen LogP contribution in [0.5, 0.6) is 5.75 Å². The molecule has 1 aromatic carbocycles. The quantitative estimate of drug-likeness (QED) is 0.259. The predicted molar refractivity (Wildman–Crippen MR) is 154 cm³/mol. The fraction of sp³-hybridized carbons (Fsp3) is 0.655. The third kappa shape index (κ3) is 7.41. The molecule has 4 rings (SSSR count). The summed E-state index contributed by atoms with van der Waals surface area (Å²) in [6.45, 7) is 8.69. The maximum atomic E-state index is 16.1. The van der Waals surface area contributed by atoms with E-state index in [1.165, 1.54) is 38.1 Å². The maximum Gasteiger partial charge on any atom is 0.459 e. The van der Waals surface area contributed by atoms with Gasteiger partial charge in [0.05, 0.1) is 6.61 Å². The summed E-state index contributed by atoms with van der Waals surface area (Å²) in [4.78, 5) is 26.0. The first-order valence-corrected chi connectivity index (χ1v) is 15.9. The average Bonchev–Trinajstić information content (AvgIpc) is 3.14. The van der Waals surface area contributed by atoms with Crippen molar-refractivity contribution in [3.63, 3.8) is 0 Å². The molecule has 240 valence electrons. The molecule has 7 atom stereocenters. The second-order valence-corrected chi connectivity index (χ2v) is 14.1. The Morgan fingerprint density at radius 2 is 2.00 bits per heavy atom. The first-order chi connectivity index (χ1) is 20.0. The number of ether oxygens (including phenoxy) is 3. The molecule has 1 aromatic rings. The SMILES string of the molecule is COC1(C)NC(=O)C=CN1[C@@H]1O[C@H](COP(=O)(N[C@@H](C)C(=O)OC(C)(C)C)Oc2cccc3c2CCCC3)[C@@H](O)[C@@]1(C)F. The molecular weight excluding hydrogens is 584 g/mol. The van der Waals surface area contributed by atoms with Gasteiger partial charge in [-0.3, -0.25) is 14.1 Å². The number of carbonyl (C=O) groups is 2. The van der Waals surface area contributed by atoms with Crippen molar-refractivity contribution in [2.45, 2.75) is 109 Å². The van der Waals surface area contributed by atoms with Crippen LogP contribution in [0, 0.1) is 0 Å². The molecule has 3 aliphatic rings. The van der Waals surface area contributed by atoms with E-state index < -0.39 is 67.8 Å². The van der Waals surface area contributed by atoms with Gasteiger partial charge >= 0.3 is 13.7 Å². The lowest BCUT2D eigenvalue weighted by Crippen LogP contribution is -2.66. The topological polar surface area (TPSA) is 145 Å². The Bertz CT molecular complexity index is 1290. The first kappa shape index (κ1) is 33.4. The number of amides is 1. The van der Waals surface area contributed by atoms with Gasteiger partial charge in [0.15, 0.2) is 11.9 Å². The molecule has 0 bridgehead atoms. The van der Waals surface area contributed by atoms with Crippen LogP contribution in [0.3, 0.4) is 0 Å². The summed E-state index contributed by atoms with van der Waals surface area (Å²) in [5.74, 6) is -2.27. The smallest absolute Gasteiger partial charge is 0.459 e. The van der Waals surface area contributed by atoms with Gasteiger partial charge in [0.2, 0.25) is 11.8 Å². The lowest BCUT2D eigenvalue weighted by atomic mass is 9.91. The van der Waals surface area contributed by atoms with Crippen LogP contribution in [0.1, 0.15) is 65.5 Å². The number of hydrogen-bond donors (Lipinski definition) is 3. The van der Waals surface area contributed by atoms with E-state index in [1.54, 1.807) is 32.9 Å². The number of aliphatic hydroxyl groups excluding tert-OH is 1. The van der Waals surface area contributed by atoms with Gasteiger partial charge in [-0.15, -0.1) is 0 Å². The highest BCUT2D eigenvalue weighted by Gasteiger charge is 2.59. The van der Waals surface area contributed by atoms with Gasteiger partial charge < -0.3 is 34.1 Å². The van der Waals surface area contributed by atoms with E-state index in [2.05, 4.69) is 10.4 Å². The highest BCUT2D eigenvalue weighted by atomic mass is 31.2. The van der Waals surface area contributed by atoms with E-state index in [0.29, 0.717) is 5.75 Å². The largest absolute Gasteiger partial charge is 0.459 e. The van der Waals surface area contributed by atoms with Gasteiger partial charge in [0, 0.05) is 26.3 Å². The number of halogens is 1. The standard InChI is InChI=1S/C29H43FN3O9P/c1-18(25(36)41-27(2,3)4)32-43(37,42-21-14-10-12-19-11-8-9-13-20(19)21)39-17-22-24(35)28(5,30)26(40-22)33-16-15-23(34)31-29(33,6)38-7/h10,12,14-16,18,22,24,26,35H,8-9,11,13,17H2,1-7H3,(H,31,34)(H,32,37)/t18-,22+,24+,26+,28+,29?,43?/m0/s1. The Hall–Kier alpha value is -2.54. The van der Waals surface area contributed by atoms with Gasteiger partial charge in [-0.25, -0.2) is 8.96 Å². The third-order valence-corrected chi connectivity index (χ3v) is 9.32. The van der Waals surface area contributed by atoms with Crippen molar-refractivity contribution >= 4 is 19.6 Å². The molecule has 0 aromatic heterocycles. The number of nitrogens with zero attached hydrogens (tertiary/aromatic N) is 1. The number of fused-ring (bicyclic) bond motifs is 1. The number of rotatable bonds is 10. The van der Waals surface area contributed by atoms with Crippen LogP contribution < -0.4 is 14.9 Å². The van der Waals surface area contributed by atoms with Crippen molar-refractivity contribution in [1.82, 2.24) is 15.3 Å². The van der Waals surface area contributed by atoms with E-state index in [4.69, 9.17) is 23.3 Å². The molecule has 0 saturated carbocycles. The fourth-order valence-corrected chi connectivity index (χ4v) is 6.87. The van der Waals surface area contributed by atoms with Crippen molar-refractivity contribution in [2.24, 2.45) is 0 Å². The molecule has 1 fully saturated rings. The van der Waals surface area contributed by atoms with E-state index in [0.717, 1.165) is 43.7 Å². The van der Waals surface area contributed by atoms with E-state index in [1.807, 2.05) is 6.07 Å². The summed E-state index contributed by atoms with van der Waals surface area (Å²) in [6.07, 6.45) is 1.56. The fourth-order valence-electron chi connectivity index (χ4n) is 5.34. The Balaban J connectivity index is 1.57. The van der Waals surface area contributed by atoms with Crippen molar-refractivity contribution in [2.75, 3.05) is 13.7 Å². The van der Waals surface area contributed by atoms with Crippen LogP contribution in [0.2, 0.25) is 0 Å². The van der Waals surface area contributed by atoms with Crippen LogP contribution in [0.15, 0.2) is 30.5 Å². The minimum Gasteiger partial charge on any atom is -0.459 e. The second-order valence-electron chi connectivity index (χ2n) is 12.4. The summed E-state index contributed by atoms with van der Waals surface area (Å²) < 4.78 is 58.9. The Labute approximate surface area is 251 Å². The number of benzene rings is 1. The van der Waals surface area contributed by atoms with Crippen LogP contribution in [0.25, 0.3) is 0 Å². The number of methoxy groups -OCH3 is 1. The molecule has 0 spiro atoms. The lowest BCUT2D eigenvalue weighted by Gasteiger charge is -2.46. The molecule has 12 nitrogen and oxygen atoms in total. The summed E-state index contributed by atoms with van der Waals surface area (Å²) >= 11 is 0. The van der Waals surface area contributed by atoms with E-state index >= 15 is 4.39 Å². The van der Waals surface area contributed by atoms with Crippen LogP contribution in [-0.4, -0.2) is 77.2 Å². The molecule has 1 amide bonds. The molecule has 1 saturated heterocycles. The van der Waals surface area contributed by atoms with Gasteiger partial charge in [-0.05, 0) is 77.5 Å². The minimum atomic E-state index is -4.35. The zero-order valence-electron chi connectivity index (χ0n) is 25.7. The number of esters is 1. The molecule has 1 aliphatic carbocycles. The van der Waals surface area contributed by atoms with Crippen LogP contribution in [0.4, 0.5) is 4.39 Å². The van der Waals surface area contributed by atoms with Gasteiger partial charge in [-0.1, -0.05) is 12.1 Å². The van der Waals surface area contributed by atoms with E-state index in [-0.39, 0.29) is 0 Å². The summed E-state index contributed by atoms with van der Waals surface area (Å²) in [6, 6.07) is 4.35. The normalized spacial score (nSPS) is 31.1. The molecule has 14 heteroatoms. The average molecular weight is 628 g/mol. The number of carbonyl (C=O) groups excluding carboxylic acids is 2. The van der Waals surface area contributed by atoms with Gasteiger partial charge in [0.25, 0.3) is 0 Å². The monoisotopic (exact) mass is 627 g/mol. The first-order valence-electron chi connectivity index (χ1n) is 14.4. The van der Waals surface area contributed by atoms with E-state index in [9.17, 15) is 19.3 Å². The van der Waals surface area contributed by atoms with Crippen LogP contribution in [-0.2, 0) is 45.7 Å². The third-order valence-electron chi connectivity index (χ3n) is 7.69. The molecular formula is C29H43FN3O9P. The highest BCUT2D eigenvalue weighted by Crippen LogP contribution is 2.49. The molecule has 3 N–H and O–H groups in total. The maximum absolute atomic E-state index is 16.1. The summed E-state index contributed by atoms with van der Waals surface area (Å²) in [5.41, 5.74) is -1.20. The van der Waals surface area contributed by atoms with Crippen molar-refractivity contribution in [3.8, 4) is 5.75 Å². The van der Waals surface area contributed by atoms with Crippen LogP contribution >= 0.6 is 7.75 Å². The van der Waals surface area contributed by atoms with Crippen molar-refractivity contribution in [3.05, 3.63) is 41.6 Å². The van der Waals surface area contributed by atoms with Crippen molar-refractivity contribution < 1.29 is 46.9 Å². The molecule has 2 heterocycles. The summed E-state index contributed by atoms with van der Waals surface area (Å²) in [7, 11) is -3.01.